The van der Waals surface area contributed by atoms with Crippen molar-refractivity contribution in [1.82, 2.24) is 5.32 Å². The molecule has 0 radical (unpaired) electrons. The van der Waals surface area contributed by atoms with Crippen molar-refractivity contribution < 1.29 is 24.2 Å². The molecule has 0 aliphatic heterocycles. The van der Waals surface area contributed by atoms with E-state index in [1.54, 1.807) is 0 Å². The molecule has 0 heterocycles. The van der Waals surface area contributed by atoms with Gasteiger partial charge in [-0.05, 0) is 0 Å². The number of amides is 1. The first kappa shape index (κ1) is 12.3. The Morgan fingerprint density at radius 1 is 1.64 bits per heavy atom. The van der Waals surface area contributed by atoms with Crippen LogP contribution in [0.4, 0.5) is 4.79 Å². The van der Waals surface area contributed by atoms with E-state index in [1.165, 1.54) is 0 Å². The number of carbonyl (C=O) groups is 2. The van der Waals surface area contributed by atoms with E-state index in [1.807, 2.05) is 0 Å². The predicted octanol–water partition coefficient (Wildman–Crippen LogP) is -1.12. The molecular formula is C8H11NO5. The number of carbonyl (C=O) groups excluding carboxylic acids is 2. The SMILES string of the molecule is C#CCOC(=O)NC(CO)C(=O)OC. The van der Waals surface area contributed by atoms with E-state index in [0.29, 0.717) is 0 Å². The fraction of sp³-hybridized carbons (Fsp3) is 0.500. The van der Waals surface area contributed by atoms with Crippen LogP contribution in [0, 0.1) is 12.3 Å². The van der Waals surface area contributed by atoms with Crippen molar-refractivity contribution in [3.63, 3.8) is 0 Å². The molecule has 1 unspecified atom stereocenters. The lowest BCUT2D eigenvalue weighted by molar-refractivity contribution is -0.144. The number of ether oxygens (including phenoxy) is 2. The maximum Gasteiger partial charge on any atom is 0.408 e. The quantitative estimate of drug-likeness (QED) is 0.444. The van der Waals surface area contributed by atoms with Crippen molar-refractivity contribution >= 4 is 12.1 Å². The summed E-state index contributed by atoms with van der Waals surface area (Å²) in [7, 11) is 1.14. The molecule has 6 nitrogen and oxygen atoms in total. The summed E-state index contributed by atoms with van der Waals surface area (Å²) in [6, 6.07) is -1.13. The number of aliphatic hydroxyl groups is 1. The van der Waals surface area contributed by atoms with Gasteiger partial charge in [-0.15, -0.1) is 6.42 Å². The monoisotopic (exact) mass is 201 g/mol. The second-order valence-corrected chi connectivity index (χ2v) is 2.18. The third kappa shape index (κ3) is 4.33. The summed E-state index contributed by atoms with van der Waals surface area (Å²) >= 11 is 0. The van der Waals surface area contributed by atoms with Crippen LogP contribution in [0.3, 0.4) is 0 Å². The molecule has 78 valence electrons. The Morgan fingerprint density at radius 2 is 2.29 bits per heavy atom. The maximum absolute atomic E-state index is 10.9. The summed E-state index contributed by atoms with van der Waals surface area (Å²) in [5, 5.41) is 10.8. The fourth-order valence-corrected chi connectivity index (χ4v) is 0.613. The number of hydrogen-bond donors (Lipinski definition) is 2. The first-order valence-electron chi connectivity index (χ1n) is 3.71. The maximum atomic E-state index is 10.9. The second-order valence-electron chi connectivity index (χ2n) is 2.18. The minimum absolute atomic E-state index is 0.203. The Balaban J connectivity index is 4.00. The molecule has 1 atom stereocenters. The molecule has 1 amide bonds. The molecule has 6 heteroatoms. The molecule has 0 rings (SSSR count). The van der Waals surface area contributed by atoms with Crippen LogP contribution in [-0.2, 0) is 14.3 Å². The minimum atomic E-state index is -1.13. The summed E-state index contributed by atoms with van der Waals surface area (Å²) in [6.07, 6.45) is 3.95. The average molecular weight is 201 g/mol. The average Bonchev–Trinajstić information content (AvgIpc) is 2.21. The number of nitrogens with one attached hydrogen (secondary N) is 1. The first-order chi connectivity index (χ1) is 6.65. The number of terminal acetylenes is 1. The number of alkyl carbamates (subject to hydrolysis) is 1. The molecule has 0 aromatic carbocycles. The zero-order chi connectivity index (χ0) is 11.0. The molecule has 0 fully saturated rings. The minimum Gasteiger partial charge on any atom is -0.467 e. The van der Waals surface area contributed by atoms with Gasteiger partial charge in [-0.3, -0.25) is 0 Å². The third-order valence-electron chi connectivity index (χ3n) is 1.25. The van der Waals surface area contributed by atoms with Crippen LogP contribution in [-0.4, -0.2) is 43.5 Å². The molecule has 0 saturated carbocycles. The summed E-state index contributed by atoms with van der Waals surface area (Å²) in [5.41, 5.74) is 0. The number of rotatable bonds is 4. The van der Waals surface area contributed by atoms with Gasteiger partial charge in [0.1, 0.15) is 0 Å². The predicted molar refractivity (Wildman–Crippen MR) is 46.2 cm³/mol. The zero-order valence-electron chi connectivity index (χ0n) is 7.65. The molecule has 0 bridgehead atoms. The van der Waals surface area contributed by atoms with Gasteiger partial charge < -0.3 is 19.9 Å². The lowest BCUT2D eigenvalue weighted by atomic mass is 10.3. The number of methoxy groups -OCH3 is 1. The van der Waals surface area contributed by atoms with E-state index in [9.17, 15) is 9.59 Å². The number of esters is 1. The molecule has 0 aliphatic carbocycles. The molecule has 0 aromatic heterocycles. The van der Waals surface area contributed by atoms with Crippen LogP contribution in [0.5, 0.6) is 0 Å². The molecule has 0 aromatic rings. The van der Waals surface area contributed by atoms with Gasteiger partial charge in [0.2, 0.25) is 0 Å². The summed E-state index contributed by atoms with van der Waals surface area (Å²) in [6.45, 7) is -0.775. The molecule has 0 aliphatic rings. The molecular weight excluding hydrogens is 190 g/mol. The van der Waals surface area contributed by atoms with E-state index >= 15 is 0 Å². The van der Waals surface area contributed by atoms with Gasteiger partial charge in [-0.1, -0.05) is 5.92 Å². The summed E-state index contributed by atoms with van der Waals surface area (Å²) in [4.78, 5) is 21.7. The molecule has 14 heavy (non-hydrogen) atoms. The van der Waals surface area contributed by atoms with Gasteiger partial charge in [0.05, 0.1) is 13.7 Å². The topological polar surface area (TPSA) is 84.9 Å². The Hall–Kier alpha value is -1.74. The Morgan fingerprint density at radius 3 is 2.71 bits per heavy atom. The lowest BCUT2D eigenvalue weighted by Gasteiger charge is -2.12. The van der Waals surface area contributed by atoms with E-state index in [-0.39, 0.29) is 6.61 Å². The van der Waals surface area contributed by atoms with Crippen LogP contribution in [0.15, 0.2) is 0 Å². The molecule has 2 N–H and O–H groups in total. The van der Waals surface area contributed by atoms with Gasteiger partial charge in [0, 0.05) is 0 Å². The summed E-state index contributed by atoms with van der Waals surface area (Å²) in [5.74, 6) is 1.31. The van der Waals surface area contributed by atoms with Crippen LogP contribution in [0.2, 0.25) is 0 Å². The van der Waals surface area contributed by atoms with Crippen LogP contribution < -0.4 is 5.32 Å². The number of hydrogen-bond acceptors (Lipinski definition) is 5. The van der Waals surface area contributed by atoms with Crippen molar-refractivity contribution in [2.75, 3.05) is 20.3 Å². The van der Waals surface area contributed by atoms with Gasteiger partial charge in [0.15, 0.2) is 12.6 Å². The van der Waals surface area contributed by atoms with Gasteiger partial charge >= 0.3 is 12.1 Å². The largest absolute Gasteiger partial charge is 0.467 e. The molecule has 0 spiro atoms. The van der Waals surface area contributed by atoms with Crippen LogP contribution >= 0.6 is 0 Å². The third-order valence-corrected chi connectivity index (χ3v) is 1.25. The Kier molecular flexibility index (Phi) is 5.90. The van der Waals surface area contributed by atoms with Gasteiger partial charge in [0.25, 0.3) is 0 Å². The highest BCUT2D eigenvalue weighted by Crippen LogP contribution is 1.88. The highest BCUT2D eigenvalue weighted by Gasteiger charge is 2.20. The Labute approximate surface area is 81.2 Å². The van der Waals surface area contributed by atoms with Crippen molar-refractivity contribution in [3.05, 3.63) is 0 Å². The second kappa shape index (κ2) is 6.74. The zero-order valence-corrected chi connectivity index (χ0v) is 7.65. The van der Waals surface area contributed by atoms with Crippen molar-refractivity contribution in [2.24, 2.45) is 0 Å². The van der Waals surface area contributed by atoms with Crippen molar-refractivity contribution in [2.45, 2.75) is 6.04 Å². The van der Waals surface area contributed by atoms with Crippen LogP contribution in [0.1, 0.15) is 0 Å². The van der Waals surface area contributed by atoms with Crippen LogP contribution in [0.25, 0.3) is 0 Å². The van der Waals surface area contributed by atoms with Crippen molar-refractivity contribution in [1.29, 1.82) is 0 Å². The van der Waals surface area contributed by atoms with Gasteiger partial charge in [-0.2, -0.15) is 0 Å². The van der Waals surface area contributed by atoms with E-state index < -0.39 is 24.7 Å². The summed E-state index contributed by atoms with van der Waals surface area (Å²) < 4.78 is 8.71. The Bertz CT molecular complexity index is 245. The van der Waals surface area contributed by atoms with E-state index in [2.05, 4.69) is 20.7 Å². The fourth-order valence-electron chi connectivity index (χ4n) is 0.613. The van der Waals surface area contributed by atoms with E-state index in [4.69, 9.17) is 11.5 Å². The molecule has 0 saturated heterocycles. The number of aliphatic hydroxyl groups excluding tert-OH is 1. The van der Waals surface area contributed by atoms with E-state index in [0.717, 1.165) is 7.11 Å². The lowest BCUT2D eigenvalue weighted by Crippen LogP contribution is -2.44. The highest BCUT2D eigenvalue weighted by atomic mass is 16.6. The van der Waals surface area contributed by atoms with Crippen molar-refractivity contribution in [3.8, 4) is 12.3 Å². The highest BCUT2D eigenvalue weighted by molar-refractivity contribution is 5.81. The smallest absolute Gasteiger partial charge is 0.408 e. The van der Waals surface area contributed by atoms with Gasteiger partial charge in [-0.25, -0.2) is 9.59 Å². The standard InChI is InChI=1S/C8H11NO5/c1-3-4-14-8(12)9-6(5-10)7(11)13-2/h1,6,10H,4-5H2,2H3,(H,9,12). The normalized spacial score (nSPS) is 10.9. The first-order valence-corrected chi connectivity index (χ1v) is 3.71.